The van der Waals surface area contributed by atoms with E-state index in [-0.39, 0.29) is 41.2 Å². The summed E-state index contributed by atoms with van der Waals surface area (Å²) in [6, 6.07) is 7.27. The molecule has 0 spiro atoms. The number of carbonyl (C=O) groups is 1. The summed E-state index contributed by atoms with van der Waals surface area (Å²) in [6.45, 7) is 6.36. The van der Waals surface area contributed by atoms with Crippen molar-refractivity contribution >= 4 is 17.6 Å². The molecule has 2 aliphatic heterocycles. The van der Waals surface area contributed by atoms with Gasteiger partial charge in [-0.15, -0.1) is 0 Å². The van der Waals surface area contributed by atoms with E-state index in [1.165, 1.54) is 50.3 Å². The number of esters is 1. The fourth-order valence-corrected chi connectivity index (χ4v) is 4.10. The summed E-state index contributed by atoms with van der Waals surface area (Å²) in [6.07, 6.45) is -0.379. The molecule has 0 amide bonds. The van der Waals surface area contributed by atoms with E-state index in [4.69, 9.17) is 9.47 Å². The first-order valence-corrected chi connectivity index (χ1v) is 11.5. The quantitative estimate of drug-likeness (QED) is 0.341. The fourth-order valence-electron chi connectivity index (χ4n) is 4.10. The van der Waals surface area contributed by atoms with Crippen LogP contribution in [-0.2, 0) is 22.4 Å². The van der Waals surface area contributed by atoms with Gasteiger partial charge in [0.2, 0.25) is 0 Å². The van der Waals surface area contributed by atoms with Crippen molar-refractivity contribution in [2.24, 2.45) is 0 Å². The predicted octanol–water partition coefficient (Wildman–Crippen LogP) is 2.71. The van der Waals surface area contributed by atoms with Gasteiger partial charge in [0.15, 0.2) is 11.5 Å². The van der Waals surface area contributed by atoms with Gasteiger partial charge in [-0.2, -0.15) is 0 Å². The average molecular weight is 499 g/mol. The molecule has 0 radical (unpaired) electrons. The number of phenols is 2. The third kappa shape index (κ3) is 4.77. The molecule has 0 saturated heterocycles. The molecule has 192 valence electrons. The van der Waals surface area contributed by atoms with Crippen molar-refractivity contribution in [1.29, 1.82) is 0 Å². The van der Waals surface area contributed by atoms with E-state index >= 15 is 0 Å². The lowest BCUT2D eigenvalue weighted by Gasteiger charge is -2.37. The van der Waals surface area contributed by atoms with Gasteiger partial charge in [-0.25, -0.2) is 4.79 Å². The summed E-state index contributed by atoms with van der Waals surface area (Å²) < 4.78 is 11.0. The van der Waals surface area contributed by atoms with Gasteiger partial charge in [-0.1, -0.05) is 6.07 Å². The third-order valence-electron chi connectivity index (χ3n) is 6.54. The highest BCUT2D eigenvalue weighted by molar-refractivity contribution is 6.21. The second-order valence-corrected chi connectivity index (χ2v) is 10.3. The SMILES string of the molecule is CC(C)(O)C(O)Cc1cc(/C=C2\OC(=O)C(c3cc4c(cc3O)OC(C)(C)C(O)C4)=C2O)ccc1O. The molecule has 0 fully saturated rings. The third-order valence-corrected chi connectivity index (χ3v) is 6.54. The van der Waals surface area contributed by atoms with E-state index in [9.17, 15) is 35.4 Å². The van der Waals surface area contributed by atoms with Crippen LogP contribution in [0.25, 0.3) is 11.6 Å². The van der Waals surface area contributed by atoms with E-state index in [1.54, 1.807) is 13.8 Å². The van der Waals surface area contributed by atoms with Crippen molar-refractivity contribution in [2.75, 3.05) is 0 Å². The Kier molecular flexibility index (Phi) is 6.28. The Morgan fingerprint density at radius 3 is 2.50 bits per heavy atom. The van der Waals surface area contributed by atoms with Crippen molar-refractivity contribution in [1.82, 2.24) is 0 Å². The number of cyclic esters (lactones) is 1. The summed E-state index contributed by atoms with van der Waals surface area (Å²) in [5.74, 6) is -1.53. The van der Waals surface area contributed by atoms with E-state index < -0.39 is 35.1 Å². The van der Waals surface area contributed by atoms with Crippen molar-refractivity contribution in [3.05, 3.63) is 64.1 Å². The molecule has 0 saturated carbocycles. The first-order chi connectivity index (χ1) is 16.7. The van der Waals surface area contributed by atoms with Crippen molar-refractivity contribution in [3.63, 3.8) is 0 Å². The molecule has 2 aromatic carbocycles. The normalized spacial score (nSPS) is 21.2. The van der Waals surface area contributed by atoms with Crippen LogP contribution in [0.2, 0.25) is 0 Å². The minimum absolute atomic E-state index is 0.0348. The average Bonchev–Trinajstić information content (AvgIpc) is 3.03. The molecular formula is C27H30O9. The Balaban J connectivity index is 1.69. The molecule has 2 heterocycles. The van der Waals surface area contributed by atoms with Crippen LogP contribution >= 0.6 is 0 Å². The van der Waals surface area contributed by atoms with Crippen LogP contribution in [-0.4, -0.2) is 60.0 Å². The second kappa shape index (κ2) is 8.85. The second-order valence-electron chi connectivity index (χ2n) is 10.3. The Morgan fingerprint density at radius 1 is 1.14 bits per heavy atom. The number of aliphatic hydroxyl groups excluding tert-OH is 3. The number of fused-ring (bicyclic) bond motifs is 1. The molecule has 0 aromatic heterocycles. The molecule has 36 heavy (non-hydrogen) atoms. The topological polar surface area (TPSA) is 157 Å². The number of hydrogen-bond donors (Lipinski definition) is 6. The fraction of sp³-hybridized carbons (Fsp3) is 0.370. The smallest absolute Gasteiger partial charge is 0.348 e. The molecule has 0 aliphatic carbocycles. The number of phenolic OH excluding ortho intramolecular Hbond substituents is 2. The van der Waals surface area contributed by atoms with E-state index in [1.807, 2.05) is 0 Å². The highest BCUT2D eigenvalue weighted by Gasteiger charge is 2.38. The zero-order valence-corrected chi connectivity index (χ0v) is 20.4. The maximum Gasteiger partial charge on any atom is 0.348 e. The lowest BCUT2D eigenvalue weighted by atomic mass is 9.89. The molecule has 2 aromatic rings. The van der Waals surface area contributed by atoms with Crippen LogP contribution in [0.3, 0.4) is 0 Å². The number of carbonyl (C=O) groups excluding carboxylic acids is 1. The number of benzene rings is 2. The zero-order valence-electron chi connectivity index (χ0n) is 20.4. The highest BCUT2D eigenvalue weighted by Crippen LogP contribution is 2.42. The minimum atomic E-state index is -1.38. The summed E-state index contributed by atoms with van der Waals surface area (Å²) in [5, 5.41) is 62.1. The summed E-state index contributed by atoms with van der Waals surface area (Å²) in [4.78, 5) is 12.7. The first kappa shape index (κ1) is 25.6. The molecule has 2 atom stereocenters. The maximum absolute atomic E-state index is 12.7. The Morgan fingerprint density at radius 2 is 1.83 bits per heavy atom. The molecule has 9 heteroatoms. The van der Waals surface area contributed by atoms with Crippen LogP contribution in [0.15, 0.2) is 41.9 Å². The van der Waals surface area contributed by atoms with Gasteiger partial charge in [-0.05, 0) is 68.7 Å². The van der Waals surface area contributed by atoms with E-state index in [0.29, 0.717) is 22.4 Å². The lowest BCUT2D eigenvalue weighted by molar-refractivity contribution is -0.131. The van der Waals surface area contributed by atoms with Crippen LogP contribution in [0.4, 0.5) is 0 Å². The molecule has 9 nitrogen and oxygen atoms in total. The van der Waals surface area contributed by atoms with Crippen molar-refractivity contribution in [2.45, 2.75) is 63.9 Å². The van der Waals surface area contributed by atoms with Gasteiger partial charge in [-0.3, -0.25) is 0 Å². The number of aromatic hydroxyl groups is 2. The summed E-state index contributed by atoms with van der Waals surface area (Å²) in [5.41, 5.74) is -1.07. The minimum Gasteiger partial charge on any atom is -0.508 e. The largest absolute Gasteiger partial charge is 0.508 e. The van der Waals surface area contributed by atoms with E-state index in [2.05, 4.69) is 0 Å². The molecule has 0 bridgehead atoms. The van der Waals surface area contributed by atoms with Crippen LogP contribution in [0.1, 0.15) is 49.9 Å². The number of hydrogen-bond acceptors (Lipinski definition) is 9. The van der Waals surface area contributed by atoms with Crippen LogP contribution in [0, 0.1) is 0 Å². The van der Waals surface area contributed by atoms with E-state index in [0.717, 1.165) is 0 Å². The van der Waals surface area contributed by atoms with Gasteiger partial charge in [0, 0.05) is 24.5 Å². The van der Waals surface area contributed by atoms with Gasteiger partial charge in [0.1, 0.15) is 28.4 Å². The lowest BCUT2D eigenvalue weighted by Crippen LogP contribution is -2.46. The highest BCUT2D eigenvalue weighted by atomic mass is 16.6. The summed E-state index contributed by atoms with van der Waals surface area (Å²) >= 11 is 0. The summed E-state index contributed by atoms with van der Waals surface area (Å²) in [7, 11) is 0. The van der Waals surface area contributed by atoms with Gasteiger partial charge in [0.05, 0.1) is 17.8 Å². The molecule has 4 rings (SSSR count). The number of ether oxygens (including phenoxy) is 2. The predicted molar refractivity (Wildman–Crippen MR) is 130 cm³/mol. The van der Waals surface area contributed by atoms with Crippen LogP contribution in [0.5, 0.6) is 17.2 Å². The van der Waals surface area contributed by atoms with Gasteiger partial charge < -0.3 is 40.1 Å². The Labute approximate surface area is 208 Å². The molecular weight excluding hydrogens is 468 g/mol. The Hall–Kier alpha value is -3.53. The van der Waals surface area contributed by atoms with Gasteiger partial charge in [0.25, 0.3) is 0 Å². The number of rotatable bonds is 5. The first-order valence-electron chi connectivity index (χ1n) is 11.5. The molecule has 2 aliphatic rings. The standard InChI is InChI=1S/C27H30O9/c1-26(2,34)21(30)10-14-7-13(5-6-17(14)28)8-20-24(32)23(25(33)35-20)16-9-15-11-22(31)27(3,4)36-19(15)12-18(16)29/h5-9,12,21-22,28-32,34H,10-11H2,1-4H3/b20-8-. The van der Waals surface area contributed by atoms with Crippen LogP contribution < -0.4 is 4.74 Å². The Bertz CT molecular complexity index is 1280. The van der Waals surface area contributed by atoms with Gasteiger partial charge >= 0.3 is 5.97 Å². The van der Waals surface area contributed by atoms with Crippen molar-refractivity contribution in [3.8, 4) is 17.2 Å². The number of aliphatic hydroxyl groups is 4. The maximum atomic E-state index is 12.7. The van der Waals surface area contributed by atoms with Crippen molar-refractivity contribution < 1.29 is 44.9 Å². The monoisotopic (exact) mass is 498 g/mol. The molecule has 6 N–H and O–H groups in total. The molecule has 2 unspecified atom stereocenters. The zero-order chi connectivity index (χ0) is 26.6.